The van der Waals surface area contributed by atoms with Crippen molar-refractivity contribution in [3.63, 3.8) is 0 Å². The summed E-state index contributed by atoms with van der Waals surface area (Å²) in [4.78, 5) is 0. The van der Waals surface area contributed by atoms with E-state index in [2.05, 4.69) is 53.7 Å². The Morgan fingerprint density at radius 3 is 2.39 bits per heavy atom. The third-order valence-corrected chi connectivity index (χ3v) is 11.0. The van der Waals surface area contributed by atoms with Gasteiger partial charge in [-0.3, -0.25) is 0 Å². The molecule has 0 radical (unpaired) electrons. The first-order valence-corrected chi connectivity index (χ1v) is 13.3. The number of allylic oxidation sites excluding steroid dienone is 2. The zero-order valence-corrected chi connectivity index (χ0v) is 21.9. The Hall–Kier alpha value is -0.680. The highest BCUT2D eigenvalue weighted by atomic mass is 16.3. The van der Waals surface area contributed by atoms with E-state index >= 15 is 0 Å². The van der Waals surface area contributed by atoms with Crippen molar-refractivity contribution < 1.29 is 20.4 Å². The van der Waals surface area contributed by atoms with Crippen molar-refractivity contribution in [2.45, 2.75) is 117 Å². The molecular weight excluding hydrogens is 412 g/mol. The lowest BCUT2D eigenvalue weighted by Gasteiger charge is -2.65. The van der Waals surface area contributed by atoms with Gasteiger partial charge in [0, 0.05) is 10.8 Å². The second-order valence-electron chi connectivity index (χ2n) is 13.5. The molecule has 3 saturated carbocycles. The van der Waals surface area contributed by atoms with Gasteiger partial charge in [-0.1, -0.05) is 51.0 Å². The van der Waals surface area contributed by atoms with Crippen LogP contribution in [0.15, 0.2) is 23.3 Å². The van der Waals surface area contributed by atoms with Gasteiger partial charge in [0.1, 0.15) is 0 Å². The van der Waals surface area contributed by atoms with Crippen LogP contribution in [-0.4, -0.2) is 44.3 Å². The van der Waals surface area contributed by atoms with Crippen LogP contribution in [0.1, 0.15) is 93.4 Å². The van der Waals surface area contributed by atoms with E-state index in [1.54, 1.807) is 0 Å². The Kier molecular flexibility index (Phi) is 6.30. The molecule has 4 heteroatoms. The molecule has 3 fully saturated rings. The van der Waals surface area contributed by atoms with Crippen molar-refractivity contribution in [3.05, 3.63) is 23.3 Å². The van der Waals surface area contributed by atoms with Crippen LogP contribution in [0, 0.1) is 39.9 Å². The van der Waals surface area contributed by atoms with Gasteiger partial charge in [0.15, 0.2) is 0 Å². The Balaban J connectivity index is 1.69. The lowest BCUT2D eigenvalue weighted by Crippen LogP contribution is -2.64. The highest BCUT2D eigenvalue weighted by Crippen LogP contribution is 2.70. The summed E-state index contributed by atoms with van der Waals surface area (Å²) in [7, 11) is 0. The minimum absolute atomic E-state index is 0.0170. The molecule has 0 heterocycles. The normalized spacial score (nSPS) is 48.1. The molecule has 0 aliphatic heterocycles. The molecule has 0 bridgehead atoms. The van der Waals surface area contributed by atoms with Crippen molar-refractivity contribution in [2.75, 3.05) is 0 Å². The van der Waals surface area contributed by atoms with Crippen LogP contribution >= 0.6 is 0 Å². The zero-order valence-electron chi connectivity index (χ0n) is 21.9. The number of rotatable bonds is 4. The topological polar surface area (TPSA) is 80.9 Å². The number of hydrogen-bond donors (Lipinski definition) is 4. The van der Waals surface area contributed by atoms with Crippen molar-refractivity contribution in [1.82, 2.24) is 0 Å². The molecule has 0 spiro atoms. The molecule has 0 amide bonds. The molecule has 0 saturated heterocycles. The molecule has 4 rings (SSSR count). The summed E-state index contributed by atoms with van der Waals surface area (Å²) in [6, 6.07) is 0. The van der Waals surface area contributed by atoms with Crippen molar-refractivity contribution in [1.29, 1.82) is 0 Å². The minimum atomic E-state index is -0.822. The fourth-order valence-corrected chi connectivity index (χ4v) is 9.09. The van der Waals surface area contributed by atoms with E-state index in [1.807, 2.05) is 6.92 Å². The van der Waals surface area contributed by atoms with E-state index in [0.29, 0.717) is 12.8 Å². The molecule has 4 aliphatic carbocycles. The predicted molar refractivity (Wildman–Crippen MR) is 132 cm³/mol. The van der Waals surface area contributed by atoms with Crippen LogP contribution in [0.2, 0.25) is 0 Å². The Bertz CT molecular complexity index is 821. The quantitative estimate of drug-likeness (QED) is 0.445. The Labute approximate surface area is 201 Å². The first-order valence-electron chi connectivity index (χ1n) is 13.3. The van der Waals surface area contributed by atoms with Crippen molar-refractivity contribution in [2.24, 2.45) is 39.9 Å². The summed E-state index contributed by atoms with van der Waals surface area (Å²) < 4.78 is 0. The van der Waals surface area contributed by atoms with Crippen LogP contribution < -0.4 is 0 Å². The molecule has 33 heavy (non-hydrogen) atoms. The summed E-state index contributed by atoms with van der Waals surface area (Å²) >= 11 is 0. The van der Waals surface area contributed by atoms with Gasteiger partial charge in [0.25, 0.3) is 0 Å². The minimum Gasteiger partial charge on any atom is -0.393 e. The second kappa shape index (κ2) is 8.18. The van der Waals surface area contributed by atoms with Gasteiger partial charge >= 0.3 is 0 Å². The number of aliphatic hydroxyl groups is 4. The van der Waals surface area contributed by atoms with Gasteiger partial charge < -0.3 is 20.4 Å². The average Bonchev–Trinajstić information content (AvgIpc) is 3.17. The van der Waals surface area contributed by atoms with E-state index in [0.717, 1.165) is 32.1 Å². The van der Waals surface area contributed by atoms with Crippen LogP contribution in [0.5, 0.6) is 0 Å². The van der Waals surface area contributed by atoms with Crippen LogP contribution in [0.3, 0.4) is 0 Å². The summed E-state index contributed by atoms with van der Waals surface area (Å²) in [6.45, 7) is 14.9. The first kappa shape index (κ1) is 25.4. The highest BCUT2D eigenvalue weighted by molar-refractivity contribution is 5.35. The molecule has 0 aromatic rings. The van der Waals surface area contributed by atoms with Crippen molar-refractivity contribution in [3.8, 4) is 0 Å². The maximum Gasteiger partial charge on any atom is 0.0783 e. The van der Waals surface area contributed by atoms with E-state index in [4.69, 9.17) is 0 Å². The Morgan fingerprint density at radius 2 is 1.76 bits per heavy atom. The molecule has 0 aromatic heterocycles. The molecular formula is C29H48O4. The lowest BCUT2D eigenvalue weighted by molar-refractivity contribution is -0.184. The standard InChI is InChI=1S/C29H48O4/c1-17(2)9-8-13-28(6,33)18-10-11-19-25(18)20(30)15-22-27(5)14-12-23(31)26(3,4)21(27)16-24(32)29(19,22)7/h9,16,18-20,22-25,30-33H,8,10-15H2,1-7H3/t18-,19+,20+,22+,23+,24-,25+,27+,28-,29-/m0/s1. The molecule has 188 valence electrons. The summed E-state index contributed by atoms with van der Waals surface area (Å²) in [5.74, 6) is 0.419. The lowest BCUT2D eigenvalue weighted by atomic mass is 9.40. The largest absolute Gasteiger partial charge is 0.393 e. The fraction of sp³-hybridized carbons (Fsp3) is 0.862. The van der Waals surface area contributed by atoms with E-state index in [9.17, 15) is 20.4 Å². The SMILES string of the molecule is CC(C)=CCC[C@](C)(O)[C@H]1CC[C@@H]2[C@@H]1[C@H](O)C[C@H]1[C@@]2(C)[C@@H](O)C=C2C(C)(C)[C@H](O)CC[C@]21C. The van der Waals surface area contributed by atoms with Gasteiger partial charge in [-0.05, 0) is 94.8 Å². The molecule has 10 atom stereocenters. The first-order chi connectivity index (χ1) is 15.2. The summed E-state index contributed by atoms with van der Waals surface area (Å²) in [5.41, 5.74) is 0.793. The van der Waals surface area contributed by atoms with Gasteiger partial charge in [-0.2, -0.15) is 0 Å². The molecule has 4 nitrogen and oxygen atoms in total. The van der Waals surface area contributed by atoms with Gasteiger partial charge in [0.05, 0.1) is 23.9 Å². The Morgan fingerprint density at radius 1 is 1.09 bits per heavy atom. The highest BCUT2D eigenvalue weighted by Gasteiger charge is 2.67. The van der Waals surface area contributed by atoms with Gasteiger partial charge in [-0.25, -0.2) is 0 Å². The second-order valence-corrected chi connectivity index (χ2v) is 13.5. The summed E-state index contributed by atoms with van der Waals surface area (Å²) in [6.07, 6.45) is 8.52. The predicted octanol–water partition coefficient (Wildman–Crippen LogP) is 5.00. The number of hydrogen-bond acceptors (Lipinski definition) is 4. The maximum absolute atomic E-state index is 11.7. The van der Waals surface area contributed by atoms with E-state index in [1.165, 1.54) is 11.1 Å². The molecule has 4 aliphatic rings. The monoisotopic (exact) mass is 460 g/mol. The fourth-order valence-electron chi connectivity index (χ4n) is 9.09. The molecule has 0 unspecified atom stereocenters. The number of fused-ring (bicyclic) bond motifs is 5. The third-order valence-electron chi connectivity index (χ3n) is 11.0. The molecule has 0 aromatic carbocycles. The van der Waals surface area contributed by atoms with E-state index < -0.39 is 23.9 Å². The van der Waals surface area contributed by atoms with E-state index in [-0.39, 0.29) is 39.9 Å². The average molecular weight is 461 g/mol. The van der Waals surface area contributed by atoms with Crippen LogP contribution in [-0.2, 0) is 0 Å². The third kappa shape index (κ3) is 3.70. The van der Waals surface area contributed by atoms with Crippen molar-refractivity contribution >= 4 is 0 Å². The zero-order chi connectivity index (χ0) is 24.6. The van der Waals surface area contributed by atoms with Gasteiger partial charge in [0.2, 0.25) is 0 Å². The molecule has 4 N–H and O–H groups in total. The van der Waals surface area contributed by atoms with Crippen LogP contribution in [0.25, 0.3) is 0 Å². The maximum atomic E-state index is 11.7. The smallest absolute Gasteiger partial charge is 0.0783 e. The van der Waals surface area contributed by atoms with Gasteiger partial charge in [-0.15, -0.1) is 0 Å². The number of aliphatic hydroxyl groups excluding tert-OH is 3. The van der Waals surface area contributed by atoms with Crippen LogP contribution in [0.4, 0.5) is 0 Å². The summed E-state index contributed by atoms with van der Waals surface area (Å²) in [5, 5.41) is 45.5.